The molecule has 1 aliphatic carbocycles. The molecule has 1 aliphatic rings. The van der Waals surface area contributed by atoms with Crippen LogP contribution in [0.25, 0.3) is 0 Å². The summed E-state index contributed by atoms with van der Waals surface area (Å²) in [5, 5.41) is 0. The standard InChI is InChI=1S/C18H21NO2/c1-20-14-9-6-10-15(21-2)16(14)17(19)18(11-12-18)13-7-4-3-5-8-13/h3-10,17H,11-12,19H2,1-2H3. The highest BCUT2D eigenvalue weighted by atomic mass is 16.5. The van der Waals surface area contributed by atoms with Crippen LogP contribution in [0.1, 0.15) is 30.0 Å². The lowest BCUT2D eigenvalue weighted by atomic mass is 9.83. The molecule has 0 aliphatic heterocycles. The lowest BCUT2D eigenvalue weighted by Crippen LogP contribution is -2.27. The van der Waals surface area contributed by atoms with E-state index in [9.17, 15) is 0 Å². The molecule has 0 radical (unpaired) electrons. The number of methoxy groups -OCH3 is 2. The van der Waals surface area contributed by atoms with E-state index in [2.05, 4.69) is 24.3 Å². The van der Waals surface area contributed by atoms with Gasteiger partial charge in [-0.1, -0.05) is 36.4 Å². The van der Waals surface area contributed by atoms with Crippen LogP contribution in [0, 0.1) is 0 Å². The molecule has 0 heterocycles. The topological polar surface area (TPSA) is 44.5 Å². The van der Waals surface area contributed by atoms with Crippen LogP contribution < -0.4 is 15.2 Å². The predicted octanol–water partition coefficient (Wildman–Crippen LogP) is 3.44. The number of nitrogens with two attached hydrogens (primary N) is 1. The van der Waals surface area contributed by atoms with E-state index in [1.54, 1.807) is 14.2 Å². The lowest BCUT2D eigenvalue weighted by molar-refractivity contribution is 0.370. The molecule has 1 atom stereocenters. The Balaban J connectivity index is 2.05. The SMILES string of the molecule is COc1cccc(OC)c1C(N)C1(c2ccccc2)CC1. The van der Waals surface area contributed by atoms with Gasteiger partial charge in [-0.2, -0.15) is 0 Å². The fraction of sp³-hybridized carbons (Fsp3) is 0.333. The molecule has 0 spiro atoms. The summed E-state index contributed by atoms with van der Waals surface area (Å²) >= 11 is 0. The normalized spacial score (nSPS) is 17.1. The van der Waals surface area contributed by atoms with E-state index < -0.39 is 0 Å². The van der Waals surface area contributed by atoms with Gasteiger partial charge in [0.05, 0.1) is 19.8 Å². The van der Waals surface area contributed by atoms with Crippen molar-refractivity contribution in [3.63, 3.8) is 0 Å². The predicted molar refractivity (Wildman–Crippen MR) is 83.8 cm³/mol. The third-order valence-corrected chi connectivity index (χ3v) is 4.51. The Kier molecular flexibility index (Phi) is 3.60. The van der Waals surface area contributed by atoms with Crippen molar-refractivity contribution in [3.8, 4) is 11.5 Å². The summed E-state index contributed by atoms with van der Waals surface area (Å²) in [7, 11) is 3.35. The van der Waals surface area contributed by atoms with E-state index in [4.69, 9.17) is 15.2 Å². The van der Waals surface area contributed by atoms with E-state index in [0.717, 1.165) is 29.9 Å². The van der Waals surface area contributed by atoms with Gasteiger partial charge in [-0.25, -0.2) is 0 Å². The Morgan fingerprint density at radius 1 is 0.905 bits per heavy atom. The van der Waals surface area contributed by atoms with E-state index >= 15 is 0 Å². The molecule has 2 N–H and O–H groups in total. The summed E-state index contributed by atoms with van der Waals surface area (Å²) in [6.07, 6.45) is 2.19. The lowest BCUT2D eigenvalue weighted by Gasteiger charge is -2.27. The van der Waals surface area contributed by atoms with Gasteiger partial charge in [0.15, 0.2) is 0 Å². The van der Waals surface area contributed by atoms with Crippen molar-refractivity contribution < 1.29 is 9.47 Å². The van der Waals surface area contributed by atoms with E-state index in [-0.39, 0.29) is 11.5 Å². The summed E-state index contributed by atoms with van der Waals surface area (Å²) in [6, 6.07) is 16.2. The van der Waals surface area contributed by atoms with Gasteiger partial charge >= 0.3 is 0 Å². The Hall–Kier alpha value is -2.00. The largest absolute Gasteiger partial charge is 0.496 e. The minimum absolute atomic E-state index is 0.00315. The van der Waals surface area contributed by atoms with Gasteiger partial charge in [-0.3, -0.25) is 0 Å². The first-order chi connectivity index (χ1) is 10.2. The zero-order valence-corrected chi connectivity index (χ0v) is 12.5. The van der Waals surface area contributed by atoms with Crippen molar-refractivity contribution in [3.05, 3.63) is 59.7 Å². The number of benzene rings is 2. The first kappa shape index (κ1) is 14.0. The molecule has 1 fully saturated rings. The number of hydrogen-bond donors (Lipinski definition) is 1. The highest BCUT2D eigenvalue weighted by Gasteiger charge is 2.51. The summed E-state index contributed by atoms with van der Waals surface area (Å²) in [6.45, 7) is 0. The maximum Gasteiger partial charge on any atom is 0.127 e. The molecule has 0 aromatic heterocycles. The first-order valence-corrected chi connectivity index (χ1v) is 7.25. The highest BCUT2D eigenvalue weighted by Crippen LogP contribution is 2.57. The number of hydrogen-bond acceptors (Lipinski definition) is 3. The van der Waals surface area contributed by atoms with Crippen LogP contribution >= 0.6 is 0 Å². The van der Waals surface area contributed by atoms with Crippen molar-refractivity contribution in [2.24, 2.45) is 5.73 Å². The number of rotatable bonds is 5. The fourth-order valence-corrected chi connectivity index (χ4v) is 3.15. The van der Waals surface area contributed by atoms with Crippen molar-refractivity contribution in [1.82, 2.24) is 0 Å². The van der Waals surface area contributed by atoms with Crippen LogP contribution in [-0.4, -0.2) is 14.2 Å². The van der Waals surface area contributed by atoms with E-state index in [1.165, 1.54) is 5.56 Å². The van der Waals surface area contributed by atoms with Gasteiger partial charge in [-0.05, 0) is 30.5 Å². The van der Waals surface area contributed by atoms with Crippen LogP contribution in [0.2, 0.25) is 0 Å². The maximum absolute atomic E-state index is 6.66. The Bertz CT molecular complexity index is 598. The van der Waals surface area contributed by atoms with E-state index in [1.807, 2.05) is 24.3 Å². The molecule has 0 saturated heterocycles. The summed E-state index contributed by atoms with van der Waals surface area (Å²) in [5.74, 6) is 1.59. The third kappa shape index (κ3) is 2.28. The monoisotopic (exact) mass is 283 g/mol. The van der Waals surface area contributed by atoms with Gasteiger partial charge in [0, 0.05) is 11.5 Å². The molecule has 110 valence electrons. The summed E-state index contributed by atoms with van der Waals surface area (Å²) in [5.41, 5.74) is 8.92. The minimum atomic E-state index is -0.133. The molecule has 0 amide bonds. The first-order valence-electron chi connectivity index (χ1n) is 7.25. The van der Waals surface area contributed by atoms with Crippen molar-refractivity contribution in [2.45, 2.75) is 24.3 Å². The molecular weight excluding hydrogens is 262 g/mol. The fourth-order valence-electron chi connectivity index (χ4n) is 3.15. The van der Waals surface area contributed by atoms with Crippen LogP contribution in [0.3, 0.4) is 0 Å². The molecular formula is C18H21NO2. The van der Waals surface area contributed by atoms with Crippen LogP contribution in [0.5, 0.6) is 11.5 Å². The Morgan fingerprint density at radius 2 is 1.48 bits per heavy atom. The summed E-state index contributed by atoms with van der Waals surface area (Å²) < 4.78 is 11.0. The number of ether oxygens (including phenoxy) is 2. The zero-order chi connectivity index (χ0) is 14.9. The zero-order valence-electron chi connectivity index (χ0n) is 12.5. The Labute approximate surface area is 125 Å². The van der Waals surface area contributed by atoms with Gasteiger partial charge in [0.2, 0.25) is 0 Å². The molecule has 3 heteroatoms. The van der Waals surface area contributed by atoms with Crippen LogP contribution in [0.15, 0.2) is 48.5 Å². The average molecular weight is 283 g/mol. The molecule has 1 unspecified atom stereocenters. The van der Waals surface area contributed by atoms with Crippen molar-refractivity contribution in [2.75, 3.05) is 14.2 Å². The van der Waals surface area contributed by atoms with Gasteiger partial charge in [-0.15, -0.1) is 0 Å². The van der Waals surface area contributed by atoms with Gasteiger partial charge in [0.25, 0.3) is 0 Å². The second kappa shape index (κ2) is 5.41. The molecule has 3 nitrogen and oxygen atoms in total. The minimum Gasteiger partial charge on any atom is -0.496 e. The van der Waals surface area contributed by atoms with Gasteiger partial charge < -0.3 is 15.2 Å². The molecule has 2 aromatic rings. The smallest absolute Gasteiger partial charge is 0.127 e. The average Bonchev–Trinajstić information content (AvgIpc) is 3.36. The third-order valence-electron chi connectivity index (χ3n) is 4.51. The highest BCUT2D eigenvalue weighted by molar-refractivity contribution is 5.51. The second-order valence-electron chi connectivity index (χ2n) is 5.58. The van der Waals surface area contributed by atoms with Gasteiger partial charge in [0.1, 0.15) is 11.5 Å². The van der Waals surface area contributed by atoms with Crippen LogP contribution in [0.4, 0.5) is 0 Å². The van der Waals surface area contributed by atoms with Crippen molar-refractivity contribution in [1.29, 1.82) is 0 Å². The second-order valence-corrected chi connectivity index (χ2v) is 5.58. The summed E-state index contributed by atoms with van der Waals surface area (Å²) in [4.78, 5) is 0. The Morgan fingerprint density at radius 3 is 1.95 bits per heavy atom. The quantitative estimate of drug-likeness (QED) is 0.914. The molecule has 0 bridgehead atoms. The van der Waals surface area contributed by atoms with Crippen LogP contribution in [-0.2, 0) is 5.41 Å². The van der Waals surface area contributed by atoms with E-state index in [0.29, 0.717) is 0 Å². The maximum atomic E-state index is 6.66. The van der Waals surface area contributed by atoms with Crippen molar-refractivity contribution >= 4 is 0 Å². The molecule has 2 aromatic carbocycles. The molecule has 21 heavy (non-hydrogen) atoms. The molecule has 3 rings (SSSR count). The molecule has 1 saturated carbocycles.